The van der Waals surface area contributed by atoms with Crippen LogP contribution in [0.1, 0.15) is 31.7 Å². The molecule has 1 fully saturated rings. The van der Waals surface area contributed by atoms with Gasteiger partial charge in [-0.3, -0.25) is 0 Å². The van der Waals surface area contributed by atoms with Crippen LogP contribution in [0.5, 0.6) is 17.2 Å². The van der Waals surface area contributed by atoms with Gasteiger partial charge in [-0.1, -0.05) is 18.6 Å². The monoisotopic (exact) mass is 291 g/mol. The second-order valence-electron chi connectivity index (χ2n) is 5.23. The molecular formula is C17H25NO3. The van der Waals surface area contributed by atoms with E-state index in [1.54, 1.807) is 21.3 Å². The zero-order valence-electron chi connectivity index (χ0n) is 13.4. The highest BCUT2D eigenvalue weighted by Gasteiger charge is 2.20. The molecule has 1 aliphatic rings. The van der Waals surface area contributed by atoms with E-state index in [-0.39, 0.29) is 0 Å². The zero-order valence-corrected chi connectivity index (χ0v) is 13.4. The van der Waals surface area contributed by atoms with Gasteiger partial charge in [0.1, 0.15) is 0 Å². The summed E-state index contributed by atoms with van der Waals surface area (Å²) in [5, 5.41) is 3.55. The van der Waals surface area contributed by atoms with Gasteiger partial charge in [-0.05, 0) is 31.4 Å². The molecule has 0 unspecified atom stereocenters. The van der Waals surface area contributed by atoms with Crippen LogP contribution in [-0.2, 0) is 0 Å². The normalized spacial score (nSPS) is 15.0. The minimum Gasteiger partial charge on any atom is -0.493 e. The van der Waals surface area contributed by atoms with Crippen molar-refractivity contribution in [2.24, 2.45) is 0 Å². The molecule has 21 heavy (non-hydrogen) atoms. The summed E-state index contributed by atoms with van der Waals surface area (Å²) in [6, 6.07) is 4.63. The molecule has 0 aromatic heterocycles. The van der Waals surface area contributed by atoms with Crippen LogP contribution < -0.4 is 19.5 Å². The Morgan fingerprint density at radius 3 is 2.38 bits per heavy atom. The summed E-state index contributed by atoms with van der Waals surface area (Å²) in [5.41, 5.74) is 2.37. The Morgan fingerprint density at radius 2 is 1.86 bits per heavy atom. The zero-order chi connectivity index (χ0) is 15.2. The lowest BCUT2D eigenvalue weighted by molar-refractivity contribution is 0.324. The van der Waals surface area contributed by atoms with Crippen molar-refractivity contribution in [1.82, 2.24) is 5.32 Å². The first kappa shape index (κ1) is 15.7. The molecule has 0 amide bonds. The largest absolute Gasteiger partial charge is 0.493 e. The summed E-state index contributed by atoms with van der Waals surface area (Å²) in [7, 11) is 4.91. The van der Waals surface area contributed by atoms with Crippen molar-refractivity contribution in [3.05, 3.63) is 23.3 Å². The van der Waals surface area contributed by atoms with Gasteiger partial charge in [0.2, 0.25) is 5.75 Å². The molecule has 0 saturated heterocycles. The van der Waals surface area contributed by atoms with Crippen LogP contribution in [-0.4, -0.2) is 33.9 Å². The maximum absolute atomic E-state index is 5.52. The smallest absolute Gasteiger partial charge is 0.203 e. The fraction of sp³-hybridized carbons (Fsp3) is 0.529. The number of benzene rings is 1. The van der Waals surface area contributed by atoms with Crippen LogP contribution >= 0.6 is 0 Å². The van der Waals surface area contributed by atoms with E-state index < -0.39 is 0 Å². The van der Waals surface area contributed by atoms with Crippen LogP contribution in [0.2, 0.25) is 0 Å². The highest BCUT2D eigenvalue weighted by atomic mass is 16.5. The first-order valence-corrected chi connectivity index (χ1v) is 7.45. The Balaban J connectivity index is 2.27. The van der Waals surface area contributed by atoms with E-state index >= 15 is 0 Å². The molecule has 0 spiro atoms. The first-order valence-electron chi connectivity index (χ1n) is 7.45. The Labute approximate surface area is 127 Å². The fourth-order valence-corrected chi connectivity index (χ4v) is 2.30. The molecule has 1 aliphatic carbocycles. The fourth-order valence-electron chi connectivity index (χ4n) is 2.30. The molecular weight excluding hydrogens is 266 g/mol. The van der Waals surface area contributed by atoms with Gasteiger partial charge < -0.3 is 19.5 Å². The van der Waals surface area contributed by atoms with E-state index in [9.17, 15) is 0 Å². The van der Waals surface area contributed by atoms with Crippen LogP contribution in [0, 0.1) is 0 Å². The van der Waals surface area contributed by atoms with Gasteiger partial charge >= 0.3 is 0 Å². The minimum absolute atomic E-state index is 0.638. The molecule has 116 valence electrons. The van der Waals surface area contributed by atoms with Gasteiger partial charge in [0.15, 0.2) is 11.5 Å². The van der Waals surface area contributed by atoms with E-state index in [0.29, 0.717) is 23.3 Å². The molecule has 4 heteroatoms. The Hall–Kier alpha value is -1.68. The topological polar surface area (TPSA) is 39.7 Å². The Morgan fingerprint density at radius 1 is 1.14 bits per heavy atom. The molecule has 2 rings (SSSR count). The third-order valence-corrected chi connectivity index (χ3v) is 3.74. The van der Waals surface area contributed by atoms with E-state index in [0.717, 1.165) is 18.5 Å². The summed E-state index contributed by atoms with van der Waals surface area (Å²) in [5.74, 6) is 2.04. The van der Waals surface area contributed by atoms with Crippen molar-refractivity contribution in [3.63, 3.8) is 0 Å². The summed E-state index contributed by atoms with van der Waals surface area (Å²) >= 11 is 0. The molecule has 0 aliphatic heterocycles. The van der Waals surface area contributed by atoms with Crippen LogP contribution in [0.25, 0.3) is 6.08 Å². The number of hydrogen-bond acceptors (Lipinski definition) is 4. The number of ether oxygens (including phenoxy) is 3. The molecule has 1 aromatic rings. The predicted octanol–water partition coefficient (Wildman–Crippen LogP) is 3.26. The SMILES string of the molecule is CCC(=Cc1ccc(OC)c(OC)c1OC)CNC1CC1. The molecule has 0 atom stereocenters. The van der Waals surface area contributed by atoms with E-state index in [4.69, 9.17) is 14.2 Å². The van der Waals surface area contributed by atoms with Crippen molar-refractivity contribution in [2.45, 2.75) is 32.2 Å². The summed E-state index contributed by atoms with van der Waals surface area (Å²) in [4.78, 5) is 0. The molecule has 0 heterocycles. The molecule has 1 aromatic carbocycles. The summed E-state index contributed by atoms with van der Waals surface area (Å²) < 4.78 is 16.3. The van der Waals surface area contributed by atoms with E-state index in [1.165, 1.54) is 18.4 Å². The quantitative estimate of drug-likeness (QED) is 0.798. The van der Waals surface area contributed by atoms with Gasteiger partial charge in [-0.15, -0.1) is 0 Å². The molecule has 1 N–H and O–H groups in total. The lowest BCUT2D eigenvalue weighted by atomic mass is 10.1. The maximum Gasteiger partial charge on any atom is 0.203 e. The highest BCUT2D eigenvalue weighted by Crippen LogP contribution is 2.40. The first-order chi connectivity index (χ1) is 10.2. The average Bonchev–Trinajstić information content (AvgIpc) is 3.34. The highest BCUT2D eigenvalue weighted by molar-refractivity contribution is 5.68. The third-order valence-electron chi connectivity index (χ3n) is 3.74. The Bertz CT molecular complexity index is 507. The van der Waals surface area contributed by atoms with Crippen molar-refractivity contribution >= 4 is 6.08 Å². The number of hydrogen-bond donors (Lipinski definition) is 1. The molecule has 0 bridgehead atoms. The average molecular weight is 291 g/mol. The van der Waals surface area contributed by atoms with E-state index in [1.807, 2.05) is 12.1 Å². The van der Waals surface area contributed by atoms with Crippen molar-refractivity contribution < 1.29 is 14.2 Å². The second kappa shape index (κ2) is 7.36. The lowest BCUT2D eigenvalue weighted by Gasteiger charge is -2.15. The number of nitrogens with one attached hydrogen (secondary N) is 1. The number of rotatable bonds is 8. The van der Waals surface area contributed by atoms with Crippen LogP contribution in [0.3, 0.4) is 0 Å². The lowest BCUT2D eigenvalue weighted by Crippen LogP contribution is -2.18. The molecule has 1 saturated carbocycles. The van der Waals surface area contributed by atoms with E-state index in [2.05, 4.69) is 18.3 Å². The second-order valence-corrected chi connectivity index (χ2v) is 5.23. The van der Waals surface area contributed by atoms with Gasteiger partial charge in [0.25, 0.3) is 0 Å². The van der Waals surface area contributed by atoms with Gasteiger partial charge in [0.05, 0.1) is 21.3 Å². The molecule has 4 nitrogen and oxygen atoms in total. The van der Waals surface area contributed by atoms with Crippen LogP contribution in [0.15, 0.2) is 17.7 Å². The summed E-state index contributed by atoms with van der Waals surface area (Å²) in [6.45, 7) is 3.10. The minimum atomic E-state index is 0.638. The Kier molecular flexibility index (Phi) is 5.51. The predicted molar refractivity (Wildman–Crippen MR) is 85.4 cm³/mol. The molecule has 0 radical (unpaired) electrons. The van der Waals surface area contributed by atoms with Crippen LogP contribution in [0.4, 0.5) is 0 Å². The maximum atomic E-state index is 5.52. The third kappa shape index (κ3) is 3.91. The van der Waals surface area contributed by atoms with Crippen molar-refractivity contribution in [3.8, 4) is 17.2 Å². The standard InChI is InChI=1S/C17H25NO3/c1-5-12(11-18-14-7-8-14)10-13-6-9-15(19-2)17(21-4)16(13)20-3/h6,9-10,14,18H,5,7-8,11H2,1-4H3. The number of methoxy groups -OCH3 is 3. The van der Waals surface area contributed by atoms with Crippen molar-refractivity contribution in [1.29, 1.82) is 0 Å². The van der Waals surface area contributed by atoms with Gasteiger partial charge in [0, 0.05) is 18.2 Å². The van der Waals surface area contributed by atoms with Crippen molar-refractivity contribution in [2.75, 3.05) is 27.9 Å². The van der Waals surface area contributed by atoms with Gasteiger partial charge in [-0.2, -0.15) is 0 Å². The summed E-state index contributed by atoms with van der Waals surface area (Å²) in [6.07, 6.45) is 5.79. The van der Waals surface area contributed by atoms with Gasteiger partial charge in [-0.25, -0.2) is 0 Å².